The molecule has 0 unspecified atom stereocenters. The average molecular weight is 239 g/mol. The molecule has 3 nitrogen and oxygen atoms in total. The smallest absolute Gasteiger partial charge is 0.320 e. The summed E-state index contributed by atoms with van der Waals surface area (Å²) >= 11 is 0. The molecule has 3 heteroatoms. The molecule has 1 aliphatic carbocycles. The molecule has 1 saturated carbocycles. The van der Waals surface area contributed by atoms with Crippen LogP contribution in [-0.2, 0) is 4.79 Å². The van der Waals surface area contributed by atoms with Crippen molar-refractivity contribution in [2.45, 2.75) is 58.4 Å². The Morgan fingerprint density at radius 3 is 2.53 bits per heavy atom. The number of nitrogens with zero attached hydrogens (tertiary/aromatic N) is 1. The largest absolute Gasteiger partial charge is 0.480 e. The van der Waals surface area contributed by atoms with Gasteiger partial charge in [0, 0.05) is 6.54 Å². The number of carboxylic acid groups (broad SMARTS) is 1. The van der Waals surface area contributed by atoms with Crippen molar-refractivity contribution in [3.05, 3.63) is 0 Å². The van der Waals surface area contributed by atoms with Crippen molar-refractivity contribution in [2.75, 3.05) is 13.1 Å². The van der Waals surface area contributed by atoms with E-state index in [9.17, 15) is 4.79 Å². The number of carboxylic acids is 1. The minimum Gasteiger partial charge on any atom is -0.480 e. The number of hydrogen-bond donors (Lipinski definition) is 1. The van der Waals surface area contributed by atoms with Crippen LogP contribution in [0.15, 0.2) is 0 Å². The summed E-state index contributed by atoms with van der Waals surface area (Å²) in [4.78, 5) is 13.3. The Morgan fingerprint density at radius 2 is 1.94 bits per heavy atom. The molecular formula is C14H25NO2. The number of aliphatic carboxylic acids is 1. The van der Waals surface area contributed by atoms with E-state index in [0.29, 0.717) is 5.41 Å². The maximum Gasteiger partial charge on any atom is 0.320 e. The fraction of sp³-hybridized carbons (Fsp3) is 0.929. The lowest BCUT2D eigenvalue weighted by molar-refractivity contribution is -0.142. The molecule has 0 aromatic carbocycles. The zero-order valence-corrected chi connectivity index (χ0v) is 11.1. The van der Waals surface area contributed by atoms with E-state index in [0.717, 1.165) is 31.8 Å². The van der Waals surface area contributed by atoms with Crippen molar-refractivity contribution in [1.82, 2.24) is 4.90 Å². The molecule has 2 fully saturated rings. The number of rotatable bonds is 3. The van der Waals surface area contributed by atoms with E-state index >= 15 is 0 Å². The van der Waals surface area contributed by atoms with E-state index in [1.165, 1.54) is 25.7 Å². The first-order valence-electron chi connectivity index (χ1n) is 6.95. The van der Waals surface area contributed by atoms with Crippen LogP contribution in [0.2, 0.25) is 0 Å². The molecule has 0 aromatic heterocycles. The van der Waals surface area contributed by atoms with Gasteiger partial charge in [-0.05, 0) is 56.4 Å². The lowest BCUT2D eigenvalue weighted by Gasteiger charge is -2.36. The van der Waals surface area contributed by atoms with Crippen molar-refractivity contribution < 1.29 is 9.90 Å². The molecule has 2 rings (SSSR count). The number of hydrogen-bond acceptors (Lipinski definition) is 2. The maximum atomic E-state index is 11.1. The highest BCUT2D eigenvalue weighted by Gasteiger charge is 2.34. The van der Waals surface area contributed by atoms with Crippen molar-refractivity contribution in [2.24, 2.45) is 11.3 Å². The normalized spacial score (nSPS) is 30.6. The molecule has 98 valence electrons. The van der Waals surface area contributed by atoms with Gasteiger partial charge in [0.25, 0.3) is 0 Å². The second kappa shape index (κ2) is 4.97. The van der Waals surface area contributed by atoms with Crippen LogP contribution in [0, 0.1) is 11.3 Å². The molecular weight excluding hydrogens is 214 g/mol. The van der Waals surface area contributed by atoms with Crippen LogP contribution in [0.25, 0.3) is 0 Å². The van der Waals surface area contributed by atoms with Gasteiger partial charge in [-0.2, -0.15) is 0 Å². The maximum absolute atomic E-state index is 11.1. The lowest BCUT2D eigenvalue weighted by atomic mass is 9.73. The molecule has 0 bridgehead atoms. The highest BCUT2D eigenvalue weighted by atomic mass is 16.4. The Balaban J connectivity index is 1.83. The molecule has 17 heavy (non-hydrogen) atoms. The summed E-state index contributed by atoms with van der Waals surface area (Å²) in [6.45, 7) is 6.68. The van der Waals surface area contributed by atoms with E-state index in [1.807, 2.05) is 0 Å². The molecule has 1 N–H and O–H groups in total. The van der Waals surface area contributed by atoms with Gasteiger partial charge in [-0.3, -0.25) is 9.69 Å². The molecule has 1 heterocycles. The Morgan fingerprint density at radius 1 is 1.29 bits per heavy atom. The molecule has 0 amide bonds. The zero-order chi connectivity index (χ0) is 12.5. The first-order chi connectivity index (χ1) is 7.98. The van der Waals surface area contributed by atoms with Gasteiger partial charge in [0.05, 0.1) is 0 Å². The monoisotopic (exact) mass is 239 g/mol. The van der Waals surface area contributed by atoms with Gasteiger partial charge in [0.2, 0.25) is 0 Å². The van der Waals surface area contributed by atoms with Gasteiger partial charge in [-0.1, -0.05) is 13.8 Å². The Labute approximate surface area is 104 Å². The fourth-order valence-corrected chi connectivity index (χ4v) is 3.30. The van der Waals surface area contributed by atoms with E-state index in [2.05, 4.69) is 18.7 Å². The minimum atomic E-state index is -0.626. The summed E-state index contributed by atoms with van der Waals surface area (Å²) in [7, 11) is 0. The van der Waals surface area contributed by atoms with Crippen LogP contribution in [0.3, 0.4) is 0 Å². The van der Waals surface area contributed by atoms with Crippen LogP contribution in [0.4, 0.5) is 0 Å². The molecule has 1 saturated heterocycles. The van der Waals surface area contributed by atoms with E-state index in [1.54, 1.807) is 0 Å². The lowest BCUT2D eigenvalue weighted by Crippen LogP contribution is -2.40. The third-order valence-corrected chi connectivity index (χ3v) is 4.60. The predicted octanol–water partition coefficient (Wildman–Crippen LogP) is 2.75. The first-order valence-corrected chi connectivity index (χ1v) is 6.95. The summed E-state index contributed by atoms with van der Waals surface area (Å²) in [5, 5.41) is 9.15. The predicted molar refractivity (Wildman–Crippen MR) is 68.0 cm³/mol. The van der Waals surface area contributed by atoms with Gasteiger partial charge in [-0.15, -0.1) is 0 Å². The van der Waals surface area contributed by atoms with E-state index < -0.39 is 5.97 Å². The van der Waals surface area contributed by atoms with Crippen LogP contribution >= 0.6 is 0 Å². The third-order valence-electron chi connectivity index (χ3n) is 4.60. The summed E-state index contributed by atoms with van der Waals surface area (Å²) in [6, 6.07) is -0.204. The SMILES string of the molecule is CC1(C)CCC(CN2CCC[C@@H]2C(=O)O)CC1. The summed E-state index contributed by atoms with van der Waals surface area (Å²) in [5.74, 6) is 0.0987. The van der Waals surface area contributed by atoms with Crippen LogP contribution in [0.5, 0.6) is 0 Å². The third kappa shape index (κ3) is 3.21. The first kappa shape index (κ1) is 12.9. The van der Waals surface area contributed by atoms with Crippen molar-refractivity contribution >= 4 is 5.97 Å². The average Bonchev–Trinajstić information content (AvgIpc) is 2.69. The number of likely N-dealkylation sites (tertiary alicyclic amines) is 1. The van der Waals surface area contributed by atoms with Crippen LogP contribution in [0.1, 0.15) is 52.4 Å². The van der Waals surface area contributed by atoms with Gasteiger partial charge in [0.1, 0.15) is 6.04 Å². The van der Waals surface area contributed by atoms with Gasteiger partial charge < -0.3 is 5.11 Å². The van der Waals surface area contributed by atoms with Gasteiger partial charge in [0.15, 0.2) is 0 Å². The second-order valence-electron chi connectivity index (χ2n) is 6.60. The molecule has 0 aromatic rings. The molecule has 0 radical (unpaired) electrons. The summed E-state index contributed by atoms with van der Waals surface area (Å²) < 4.78 is 0. The Hall–Kier alpha value is -0.570. The highest BCUT2D eigenvalue weighted by Crippen LogP contribution is 2.38. The van der Waals surface area contributed by atoms with Crippen molar-refractivity contribution in [3.63, 3.8) is 0 Å². The number of carbonyl (C=O) groups is 1. The van der Waals surface area contributed by atoms with Crippen molar-refractivity contribution in [1.29, 1.82) is 0 Å². The fourth-order valence-electron chi connectivity index (χ4n) is 3.30. The molecule has 0 spiro atoms. The minimum absolute atomic E-state index is 0.204. The summed E-state index contributed by atoms with van der Waals surface area (Å²) in [5.41, 5.74) is 0.508. The summed E-state index contributed by atoms with van der Waals surface area (Å²) in [6.07, 6.45) is 7.03. The topological polar surface area (TPSA) is 40.5 Å². The Kier molecular flexibility index (Phi) is 3.76. The van der Waals surface area contributed by atoms with Crippen molar-refractivity contribution in [3.8, 4) is 0 Å². The molecule has 2 aliphatic rings. The van der Waals surface area contributed by atoms with E-state index in [4.69, 9.17) is 5.11 Å². The van der Waals surface area contributed by atoms with Gasteiger partial charge in [-0.25, -0.2) is 0 Å². The van der Waals surface area contributed by atoms with Crippen LogP contribution in [-0.4, -0.2) is 35.1 Å². The van der Waals surface area contributed by atoms with Crippen LogP contribution < -0.4 is 0 Å². The van der Waals surface area contributed by atoms with E-state index in [-0.39, 0.29) is 6.04 Å². The Bertz CT molecular complexity index is 278. The molecule has 1 aliphatic heterocycles. The molecule has 1 atom stereocenters. The standard InChI is InChI=1S/C14H25NO2/c1-14(2)7-5-11(6-8-14)10-15-9-3-4-12(15)13(16)17/h11-12H,3-10H2,1-2H3,(H,16,17)/t12-/m1/s1. The van der Waals surface area contributed by atoms with Gasteiger partial charge >= 0.3 is 5.97 Å². The second-order valence-corrected chi connectivity index (χ2v) is 6.60. The zero-order valence-electron chi connectivity index (χ0n) is 11.1. The highest BCUT2D eigenvalue weighted by molar-refractivity contribution is 5.73. The quantitative estimate of drug-likeness (QED) is 0.823.